The fourth-order valence-corrected chi connectivity index (χ4v) is 5.44. The van der Waals surface area contributed by atoms with E-state index in [1.54, 1.807) is 31.2 Å². The summed E-state index contributed by atoms with van der Waals surface area (Å²) in [6.45, 7) is 1.75. The van der Waals surface area contributed by atoms with Gasteiger partial charge in [-0.3, -0.25) is 14.6 Å². The number of rotatable bonds is 5. The number of pyridine rings is 1. The van der Waals surface area contributed by atoms with Gasteiger partial charge in [0.1, 0.15) is 15.9 Å². The number of aromatic nitrogens is 1. The number of fused-ring (bicyclic) bond motifs is 1. The summed E-state index contributed by atoms with van der Waals surface area (Å²) in [7, 11) is -2.53. The minimum absolute atomic E-state index is 0.0161. The number of thiophene rings is 1. The highest BCUT2D eigenvalue weighted by atomic mass is 32.2. The van der Waals surface area contributed by atoms with Crippen LogP contribution >= 0.6 is 11.3 Å². The number of urea groups is 1. The number of ketones is 1. The van der Waals surface area contributed by atoms with Crippen molar-refractivity contribution in [3.05, 3.63) is 64.8 Å². The van der Waals surface area contributed by atoms with Crippen molar-refractivity contribution < 1.29 is 27.5 Å². The first kappa shape index (κ1) is 22.4. The zero-order chi connectivity index (χ0) is 23.8. The van der Waals surface area contributed by atoms with Gasteiger partial charge >= 0.3 is 6.03 Å². The smallest absolute Gasteiger partial charge is 0.333 e. The van der Waals surface area contributed by atoms with Crippen LogP contribution in [-0.2, 0) is 14.8 Å². The second kappa shape index (κ2) is 8.64. The van der Waals surface area contributed by atoms with Crippen molar-refractivity contribution in [2.45, 2.75) is 17.1 Å². The highest BCUT2D eigenvalue weighted by Gasteiger charge is 2.36. The SMILES string of the molecule is COc1ccc2c(c1)C(=O)C(c1ccc(NC(=O)NS(=O)(=O)c3ccc(C)s3)cn1)C(=O)N2. The molecule has 0 spiro atoms. The van der Waals surface area contributed by atoms with Crippen molar-refractivity contribution in [2.24, 2.45) is 0 Å². The topological polar surface area (TPSA) is 144 Å². The van der Waals surface area contributed by atoms with Crippen LogP contribution < -0.4 is 20.1 Å². The Bertz CT molecular complexity index is 1370. The summed E-state index contributed by atoms with van der Waals surface area (Å²) in [5, 5.41) is 5.05. The summed E-state index contributed by atoms with van der Waals surface area (Å²) < 4.78 is 31.6. The normalized spacial score (nSPS) is 15.4. The van der Waals surface area contributed by atoms with Gasteiger partial charge in [0.05, 0.1) is 30.4 Å². The molecule has 0 fully saturated rings. The van der Waals surface area contributed by atoms with Crippen molar-refractivity contribution in [1.29, 1.82) is 0 Å². The van der Waals surface area contributed by atoms with E-state index < -0.39 is 33.7 Å². The Balaban J connectivity index is 1.48. The third-order valence-corrected chi connectivity index (χ3v) is 7.65. The van der Waals surface area contributed by atoms with Gasteiger partial charge in [0.15, 0.2) is 5.78 Å². The van der Waals surface area contributed by atoms with Crippen LogP contribution in [0, 0.1) is 6.92 Å². The number of benzene rings is 1. The number of hydrogen-bond acceptors (Lipinski definition) is 8. The molecule has 1 aromatic carbocycles. The number of nitrogens with zero attached hydrogens (tertiary/aromatic N) is 1. The molecule has 4 rings (SSSR count). The van der Waals surface area contributed by atoms with Gasteiger partial charge in [-0.05, 0) is 49.4 Å². The molecule has 0 saturated carbocycles. The molecule has 10 nitrogen and oxygen atoms in total. The Hall–Kier alpha value is -3.77. The molecular weight excluding hydrogens is 468 g/mol. The van der Waals surface area contributed by atoms with Gasteiger partial charge < -0.3 is 15.4 Å². The van der Waals surface area contributed by atoms with Crippen molar-refractivity contribution in [1.82, 2.24) is 9.71 Å². The average molecular weight is 487 g/mol. The molecule has 2 aromatic heterocycles. The van der Waals surface area contributed by atoms with E-state index >= 15 is 0 Å². The molecule has 1 atom stereocenters. The molecule has 0 aliphatic carbocycles. The number of ether oxygens (including phenoxy) is 1. The van der Waals surface area contributed by atoms with E-state index in [0.29, 0.717) is 17.0 Å². The lowest BCUT2D eigenvalue weighted by Gasteiger charge is -2.23. The number of sulfonamides is 1. The summed E-state index contributed by atoms with van der Waals surface area (Å²) in [6.07, 6.45) is 1.23. The molecule has 0 bridgehead atoms. The molecule has 0 radical (unpaired) electrons. The van der Waals surface area contributed by atoms with Crippen molar-refractivity contribution >= 4 is 50.5 Å². The lowest BCUT2D eigenvalue weighted by Crippen LogP contribution is -2.34. The highest BCUT2D eigenvalue weighted by Crippen LogP contribution is 2.33. The summed E-state index contributed by atoms with van der Waals surface area (Å²) in [5.41, 5.74) is 1.05. The van der Waals surface area contributed by atoms with Crippen LogP contribution in [0.25, 0.3) is 0 Å². The van der Waals surface area contributed by atoms with Crippen LogP contribution in [0.3, 0.4) is 0 Å². The molecular formula is C21H18N4O6S2. The first-order valence-corrected chi connectivity index (χ1v) is 11.9. The molecule has 0 saturated heterocycles. The molecule has 3 aromatic rings. The third kappa shape index (κ3) is 4.56. The maximum atomic E-state index is 12.9. The highest BCUT2D eigenvalue weighted by molar-refractivity contribution is 7.92. The number of hydrogen-bond donors (Lipinski definition) is 3. The number of aryl methyl sites for hydroxylation is 1. The van der Waals surface area contributed by atoms with E-state index in [0.717, 1.165) is 16.2 Å². The number of methoxy groups -OCH3 is 1. The van der Waals surface area contributed by atoms with Gasteiger partial charge in [0, 0.05) is 10.4 Å². The van der Waals surface area contributed by atoms with Gasteiger partial charge in [-0.1, -0.05) is 0 Å². The summed E-state index contributed by atoms with van der Waals surface area (Å²) in [4.78, 5) is 42.5. The molecule has 3 heterocycles. The minimum atomic E-state index is -4.00. The molecule has 1 unspecified atom stereocenters. The van der Waals surface area contributed by atoms with Crippen molar-refractivity contribution in [2.75, 3.05) is 17.7 Å². The number of carbonyl (C=O) groups is 3. The summed E-state index contributed by atoms with van der Waals surface area (Å²) >= 11 is 1.04. The Morgan fingerprint density at radius 1 is 1.15 bits per heavy atom. The summed E-state index contributed by atoms with van der Waals surface area (Å²) in [6, 6.07) is 9.68. The molecule has 1 aliphatic heterocycles. The molecule has 12 heteroatoms. The minimum Gasteiger partial charge on any atom is -0.497 e. The maximum Gasteiger partial charge on any atom is 0.333 e. The molecule has 3 N–H and O–H groups in total. The first-order chi connectivity index (χ1) is 15.7. The van der Waals surface area contributed by atoms with E-state index in [4.69, 9.17) is 4.74 Å². The number of Topliss-reactive ketones (excluding diaryl/α,β-unsaturated/α-hetero) is 1. The molecule has 1 aliphatic rings. The first-order valence-electron chi connectivity index (χ1n) is 9.57. The molecule has 3 amide bonds. The predicted octanol–water partition coefficient (Wildman–Crippen LogP) is 2.89. The number of anilines is 2. The predicted molar refractivity (Wildman–Crippen MR) is 121 cm³/mol. The summed E-state index contributed by atoms with van der Waals surface area (Å²) in [5.74, 6) is -1.66. The number of nitrogens with one attached hydrogen (secondary N) is 3. The quantitative estimate of drug-likeness (QED) is 0.471. The van der Waals surface area contributed by atoms with Crippen molar-refractivity contribution in [3.8, 4) is 5.75 Å². The van der Waals surface area contributed by atoms with E-state index in [2.05, 4.69) is 15.6 Å². The van der Waals surface area contributed by atoms with Gasteiger partial charge in [-0.2, -0.15) is 0 Å². The van der Waals surface area contributed by atoms with Crippen LogP contribution in [0.1, 0.15) is 26.8 Å². The number of carbonyl (C=O) groups excluding carboxylic acids is 3. The fourth-order valence-electron chi connectivity index (χ4n) is 3.25. The zero-order valence-corrected chi connectivity index (χ0v) is 19.0. The lowest BCUT2D eigenvalue weighted by atomic mass is 9.88. The van der Waals surface area contributed by atoms with E-state index in [-0.39, 0.29) is 15.6 Å². The van der Waals surface area contributed by atoms with Crippen LogP contribution in [-0.4, -0.2) is 38.2 Å². The molecule has 170 valence electrons. The van der Waals surface area contributed by atoms with Crippen LogP contribution in [0.5, 0.6) is 5.75 Å². The third-order valence-electron chi connectivity index (χ3n) is 4.82. The fraction of sp³-hybridized carbons (Fsp3) is 0.143. The van der Waals surface area contributed by atoms with E-state index in [9.17, 15) is 22.8 Å². The van der Waals surface area contributed by atoms with Gasteiger partial charge in [-0.25, -0.2) is 17.9 Å². The Kier molecular flexibility index (Phi) is 5.87. The Morgan fingerprint density at radius 2 is 1.94 bits per heavy atom. The molecule has 33 heavy (non-hydrogen) atoms. The zero-order valence-electron chi connectivity index (χ0n) is 17.4. The second-order valence-electron chi connectivity index (χ2n) is 7.09. The number of amides is 3. The average Bonchev–Trinajstić information content (AvgIpc) is 3.22. The Labute approximate surface area is 193 Å². The van der Waals surface area contributed by atoms with Crippen LogP contribution in [0.4, 0.5) is 16.2 Å². The van der Waals surface area contributed by atoms with E-state index in [1.807, 2.05) is 4.72 Å². The van der Waals surface area contributed by atoms with Gasteiger partial charge in [-0.15, -0.1) is 11.3 Å². The van der Waals surface area contributed by atoms with E-state index in [1.165, 1.54) is 31.5 Å². The van der Waals surface area contributed by atoms with Crippen molar-refractivity contribution in [3.63, 3.8) is 0 Å². The monoisotopic (exact) mass is 486 g/mol. The standard InChI is InChI=1S/C21H18N4O6S2/c1-11-3-8-17(32-11)33(29,30)25-21(28)23-12-4-6-16(22-10-12)18-19(26)14-9-13(31-2)5-7-15(14)24-20(18)27/h3-10,18H,1-2H3,(H,24,27)(H2,23,25,28). The Morgan fingerprint density at radius 3 is 2.58 bits per heavy atom. The maximum absolute atomic E-state index is 12.9. The van der Waals surface area contributed by atoms with Gasteiger partial charge in [0.25, 0.3) is 10.0 Å². The van der Waals surface area contributed by atoms with Crippen LogP contribution in [0.2, 0.25) is 0 Å². The lowest BCUT2D eigenvalue weighted by molar-refractivity contribution is -0.116. The van der Waals surface area contributed by atoms with Gasteiger partial charge in [0.2, 0.25) is 5.91 Å². The van der Waals surface area contributed by atoms with Crippen LogP contribution in [0.15, 0.2) is 52.9 Å². The second-order valence-corrected chi connectivity index (χ2v) is 10.3. The largest absolute Gasteiger partial charge is 0.497 e.